The number of benzene rings is 1. The molecular weight excluding hydrogens is 331 g/mol. The molecule has 0 unspecified atom stereocenters. The van der Waals surface area contributed by atoms with Crippen molar-refractivity contribution in [2.24, 2.45) is 4.99 Å². The fraction of sp³-hybridized carbons (Fsp3) is 0.412. The van der Waals surface area contributed by atoms with Crippen LogP contribution < -0.4 is 10.6 Å². The number of nitrogens with one attached hydrogen (secondary N) is 2. The molecule has 1 aromatic heterocycles. The minimum absolute atomic E-state index is 0.0439. The molecule has 1 heterocycles. The summed E-state index contributed by atoms with van der Waals surface area (Å²) in [5.41, 5.74) is 1.93. The largest absolute Gasteiger partial charge is 0.357 e. The molecule has 136 valence electrons. The van der Waals surface area contributed by atoms with E-state index in [0.29, 0.717) is 25.5 Å². The van der Waals surface area contributed by atoms with Crippen LogP contribution in [0.5, 0.6) is 0 Å². The van der Waals surface area contributed by atoms with Gasteiger partial charge in [-0.15, -0.1) is 0 Å². The molecule has 0 aliphatic carbocycles. The molecule has 0 atom stereocenters. The molecule has 0 amide bonds. The summed E-state index contributed by atoms with van der Waals surface area (Å²) >= 11 is 0. The predicted octanol–water partition coefficient (Wildman–Crippen LogP) is 3.02. The first-order valence-electron chi connectivity index (χ1n) is 8.08. The van der Waals surface area contributed by atoms with Crippen LogP contribution in [-0.2, 0) is 13.0 Å². The van der Waals surface area contributed by atoms with Gasteiger partial charge >= 0.3 is 6.55 Å². The first-order valence-corrected chi connectivity index (χ1v) is 8.08. The zero-order valence-corrected chi connectivity index (χ0v) is 14.3. The van der Waals surface area contributed by atoms with Crippen molar-refractivity contribution in [1.82, 2.24) is 20.2 Å². The van der Waals surface area contributed by atoms with Gasteiger partial charge in [0.2, 0.25) is 0 Å². The summed E-state index contributed by atoms with van der Waals surface area (Å²) in [7, 11) is 0. The molecule has 0 aliphatic heterocycles. The molecule has 2 N–H and O–H groups in total. The first kappa shape index (κ1) is 18.8. The van der Waals surface area contributed by atoms with Gasteiger partial charge in [-0.05, 0) is 43.5 Å². The van der Waals surface area contributed by atoms with Gasteiger partial charge in [-0.3, -0.25) is 4.57 Å². The number of rotatable bonds is 7. The average molecular weight is 353 g/mol. The molecule has 2 rings (SSSR count). The Kier molecular flexibility index (Phi) is 6.85. The van der Waals surface area contributed by atoms with Crippen LogP contribution in [0.3, 0.4) is 0 Å². The Morgan fingerprint density at radius 1 is 1.32 bits per heavy atom. The highest BCUT2D eigenvalue weighted by Crippen LogP contribution is 2.13. The van der Waals surface area contributed by atoms with Gasteiger partial charge in [0.1, 0.15) is 18.2 Å². The van der Waals surface area contributed by atoms with Crippen molar-refractivity contribution in [1.29, 1.82) is 0 Å². The summed E-state index contributed by atoms with van der Waals surface area (Å²) < 4.78 is 39.5. The Bertz CT molecular complexity index is 712. The van der Waals surface area contributed by atoms with Crippen molar-refractivity contribution in [3.05, 3.63) is 53.4 Å². The Morgan fingerprint density at radius 3 is 2.80 bits per heavy atom. The predicted molar refractivity (Wildman–Crippen MR) is 91.1 cm³/mol. The van der Waals surface area contributed by atoms with Crippen LogP contribution in [-0.4, -0.2) is 28.6 Å². The van der Waals surface area contributed by atoms with Crippen molar-refractivity contribution >= 4 is 5.96 Å². The molecule has 0 fully saturated rings. The van der Waals surface area contributed by atoms with E-state index in [1.807, 2.05) is 13.8 Å². The Labute approximate surface area is 145 Å². The van der Waals surface area contributed by atoms with Crippen LogP contribution in [0.2, 0.25) is 0 Å². The first-order chi connectivity index (χ1) is 12.0. The molecule has 1 aromatic carbocycles. The fourth-order valence-corrected chi connectivity index (χ4v) is 2.39. The third-order valence-electron chi connectivity index (χ3n) is 3.67. The zero-order chi connectivity index (χ0) is 18.2. The van der Waals surface area contributed by atoms with Crippen LogP contribution in [0.4, 0.5) is 13.2 Å². The van der Waals surface area contributed by atoms with Crippen molar-refractivity contribution in [3.63, 3.8) is 0 Å². The molecule has 5 nitrogen and oxygen atoms in total. The van der Waals surface area contributed by atoms with Crippen molar-refractivity contribution in [3.8, 4) is 0 Å². The van der Waals surface area contributed by atoms with Crippen LogP contribution in [0.1, 0.15) is 30.4 Å². The number of aryl methyl sites for hydroxylation is 1. The SMILES string of the molecule is CCNC(=NCc1nccn1C(F)F)NCCc1ccc(F)cc1C. The maximum Gasteiger partial charge on any atom is 0.319 e. The smallest absolute Gasteiger partial charge is 0.319 e. The average Bonchev–Trinajstić information content (AvgIpc) is 3.03. The summed E-state index contributed by atoms with van der Waals surface area (Å²) in [4.78, 5) is 8.19. The van der Waals surface area contributed by atoms with E-state index in [-0.39, 0.29) is 18.2 Å². The maximum atomic E-state index is 13.1. The standard InChI is InChI=1S/C17H22F3N5/c1-3-21-17(24-11-15-22-8-9-25(15)16(19)20)23-7-6-13-4-5-14(18)10-12(13)2/h4-5,8-10,16H,3,6-7,11H2,1-2H3,(H2,21,23,24). The van der Waals surface area contributed by atoms with Gasteiger partial charge < -0.3 is 10.6 Å². The molecule has 0 radical (unpaired) electrons. The van der Waals surface area contributed by atoms with E-state index in [0.717, 1.165) is 15.7 Å². The number of nitrogens with zero attached hydrogens (tertiary/aromatic N) is 3. The lowest BCUT2D eigenvalue weighted by Crippen LogP contribution is -2.38. The Morgan fingerprint density at radius 2 is 2.12 bits per heavy atom. The number of aliphatic imine (C=N–C) groups is 1. The van der Waals surface area contributed by atoms with Crippen molar-refractivity contribution < 1.29 is 13.2 Å². The summed E-state index contributed by atoms with van der Waals surface area (Å²) in [5, 5.41) is 6.20. The van der Waals surface area contributed by atoms with Crippen LogP contribution in [0.15, 0.2) is 35.6 Å². The minimum atomic E-state index is -2.63. The number of halogens is 3. The van der Waals surface area contributed by atoms with Gasteiger partial charge in [-0.1, -0.05) is 6.07 Å². The van der Waals surface area contributed by atoms with E-state index in [2.05, 4.69) is 20.6 Å². The number of hydrogen-bond donors (Lipinski definition) is 2. The number of hydrogen-bond acceptors (Lipinski definition) is 2. The monoisotopic (exact) mass is 353 g/mol. The van der Waals surface area contributed by atoms with E-state index in [1.165, 1.54) is 24.5 Å². The van der Waals surface area contributed by atoms with E-state index in [4.69, 9.17) is 0 Å². The van der Waals surface area contributed by atoms with E-state index < -0.39 is 6.55 Å². The van der Waals surface area contributed by atoms with Gasteiger partial charge in [0.15, 0.2) is 5.96 Å². The Hall–Kier alpha value is -2.51. The molecule has 25 heavy (non-hydrogen) atoms. The summed E-state index contributed by atoms with van der Waals surface area (Å²) in [6.45, 7) is 2.42. The Balaban J connectivity index is 1.94. The molecule has 0 aliphatic rings. The molecule has 8 heteroatoms. The number of aromatic nitrogens is 2. The lowest BCUT2D eigenvalue weighted by atomic mass is 10.1. The zero-order valence-electron chi connectivity index (χ0n) is 14.3. The van der Waals surface area contributed by atoms with E-state index in [9.17, 15) is 13.2 Å². The molecular formula is C17H22F3N5. The van der Waals surface area contributed by atoms with Gasteiger partial charge in [0.25, 0.3) is 0 Å². The molecule has 0 saturated heterocycles. The normalized spacial score (nSPS) is 11.8. The van der Waals surface area contributed by atoms with Gasteiger partial charge in [0, 0.05) is 25.5 Å². The lowest BCUT2D eigenvalue weighted by Gasteiger charge is -2.12. The highest BCUT2D eigenvalue weighted by atomic mass is 19.3. The molecule has 0 spiro atoms. The minimum Gasteiger partial charge on any atom is -0.357 e. The summed E-state index contributed by atoms with van der Waals surface area (Å²) in [6.07, 6.45) is 3.25. The van der Waals surface area contributed by atoms with Gasteiger partial charge in [-0.25, -0.2) is 14.4 Å². The third kappa shape index (κ3) is 5.51. The molecule has 0 saturated carbocycles. The van der Waals surface area contributed by atoms with E-state index >= 15 is 0 Å². The summed E-state index contributed by atoms with van der Waals surface area (Å²) in [5.74, 6) is 0.464. The molecule has 2 aromatic rings. The second-order valence-electron chi connectivity index (χ2n) is 5.47. The second kappa shape index (κ2) is 9.10. The van der Waals surface area contributed by atoms with Gasteiger partial charge in [-0.2, -0.15) is 8.78 Å². The fourth-order valence-electron chi connectivity index (χ4n) is 2.39. The maximum absolute atomic E-state index is 13.1. The molecule has 0 bridgehead atoms. The topological polar surface area (TPSA) is 54.2 Å². The van der Waals surface area contributed by atoms with Crippen LogP contribution in [0.25, 0.3) is 0 Å². The van der Waals surface area contributed by atoms with Crippen LogP contribution >= 0.6 is 0 Å². The summed E-state index contributed by atoms with van der Waals surface area (Å²) in [6, 6.07) is 4.69. The third-order valence-corrected chi connectivity index (χ3v) is 3.67. The highest BCUT2D eigenvalue weighted by molar-refractivity contribution is 5.79. The second-order valence-corrected chi connectivity index (χ2v) is 5.47. The van der Waals surface area contributed by atoms with Crippen LogP contribution in [0, 0.1) is 12.7 Å². The number of imidazole rings is 1. The van der Waals surface area contributed by atoms with Gasteiger partial charge in [0.05, 0.1) is 0 Å². The van der Waals surface area contributed by atoms with Crippen molar-refractivity contribution in [2.75, 3.05) is 13.1 Å². The van der Waals surface area contributed by atoms with Crippen molar-refractivity contribution in [2.45, 2.75) is 33.4 Å². The quantitative estimate of drug-likeness (QED) is 0.594. The van der Waals surface area contributed by atoms with E-state index in [1.54, 1.807) is 6.07 Å². The highest BCUT2D eigenvalue weighted by Gasteiger charge is 2.11. The number of guanidine groups is 1. The lowest BCUT2D eigenvalue weighted by molar-refractivity contribution is 0.0671. The number of alkyl halides is 2.